The van der Waals surface area contributed by atoms with Crippen molar-refractivity contribution in [2.45, 2.75) is 65.7 Å². The number of benzene rings is 12. The van der Waals surface area contributed by atoms with E-state index in [1.54, 1.807) is 14.3 Å². The molecule has 1 aliphatic carbocycles. The van der Waals surface area contributed by atoms with Gasteiger partial charge < -0.3 is 0 Å². The minimum absolute atomic E-state index is 1.03. The molecule has 93 heavy (non-hydrogen) atoms. The molecule has 0 bridgehead atoms. The third-order valence-corrected chi connectivity index (χ3v) is 41.4. The van der Waals surface area contributed by atoms with Gasteiger partial charge in [0.1, 0.15) is 0 Å². The van der Waals surface area contributed by atoms with Crippen LogP contribution in [0.4, 0.5) is 0 Å². The Kier molecular flexibility index (Phi) is 23.9. The molecule has 0 nitrogen and oxygen atoms in total. The molecule has 0 heterocycles. The SMILES string of the molecule is BrBr.C1=CC(c2ccc(-c3ccc(-c4ccc5cccc(-c6ccc(-c7ccc(-c8ccccc8)cc7)cc6)c5c4)cc3)cc2)=CC1.[CH3][Sn]([CH3])([CH3])[c]1ccc(-c2cc[c]([Sn]([CH3])([CH3])[CH3])cc2)cc1.[CH3][Sn]([CH3])([CH3])[c]1ccc(-c2ccc(-c3cc[c]([Sn]([CH3])([CH3])[CH3])cc3)cc2)cc1. The number of hydrogen-bond donors (Lipinski definition) is 0. The van der Waals surface area contributed by atoms with E-state index in [0.717, 1.165) is 6.42 Å². The van der Waals surface area contributed by atoms with Gasteiger partial charge in [0.05, 0.1) is 0 Å². The van der Waals surface area contributed by atoms with Crippen LogP contribution in [-0.2, 0) is 0 Å². The van der Waals surface area contributed by atoms with E-state index in [1.165, 1.54) is 111 Å². The molecular formula is C87H88Br2Sn4. The summed E-state index contributed by atoms with van der Waals surface area (Å²) in [7, 11) is 0. The van der Waals surface area contributed by atoms with E-state index < -0.39 is 73.5 Å². The van der Waals surface area contributed by atoms with E-state index in [1.807, 2.05) is 0 Å². The number of allylic oxidation sites excluding steroid dienone is 4. The maximum absolute atomic E-state index is 2.75. The van der Waals surface area contributed by atoms with Crippen LogP contribution in [0.2, 0.25) is 59.3 Å². The topological polar surface area (TPSA) is 0 Å². The van der Waals surface area contributed by atoms with Gasteiger partial charge in [0.25, 0.3) is 0 Å². The van der Waals surface area contributed by atoms with E-state index in [-0.39, 0.29) is 0 Å². The van der Waals surface area contributed by atoms with Crippen LogP contribution in [0.5, 0.6) is 0 Å². The fraction of sp³-hybridized carbons (Fsp3) is 0.149. The summed E-state index contributed by atoms with van der Waals surface area (Å²) in [6.45, 7) is 0. The first-order chi connectivity index (χ1) is 44.6. The molecule has 0 aromatic heterocycles. The zero-order chi connectivity index (χ0) is 65.9. The van der Waals surface area contributed by atoms with Crippen LogP contribution in [0.3, 0.4) is 0 Å². The molecule has 466 valence electrons. The predicted octanol–water partition coefficient (Wildman–Crippen LogP) is 24.8. The van der Waals surface area contributed by atoms with Gasteiger partial charge in [0.2, 0.25) is 0 Å². The number of halogens is 2. The first kappa shape index (κ1) is 70.3. The molecule has 12 aromatic rings. The normalized spacial score (nSPS) is 12.2. The first-order valence-electron chi connectivity index (χ1n) is 32.7. The van der Waals surface area contributed by atoms with Crippen molar-refractivity contribution < 1.29 is 0 Å². The van der Waals surface area contributed by atoms with Gasteiger partial charge in [-0.25, -0.2) is 0 Å². The van der Waals surface area contributed by atoms with Crippen LogP contribution >= 0.6 is 28.3 Å². The van der Waals surface area contributed by atoms with Crippen LogP contribution in [0.1, 0.15) is 12.0 Å². The van der Waals surface area contributed by atoms with Crippen LogP contribution in [0.15, 0.2) is 303 Å². The van der Waals surface area contributed by atoms with E-state index in [0.29, 0.717) is 0 Å². The summed E-state index contributed by atoms with van der Waals surface area (Å²) >= 11 is -2.21. The zero-order valence-electron chi connectivity index (χ0n) is 56.3. The van der Waals surface area contributed by atoms with Crippen molar-refractivity contribution in [3.05, 3.63) is 309 Å². The van der Waals surface area contributed by atoms with Gasteiger partial charge in [-0.15, -0.1) is 0 Å². The fourth-order valence-electron chi connectivity index (χ4n) is 11.9. The molecule has 0 aliphatic heterocycles. The van der Waals surface area contributed by atoms with Gasteiger partial charge >= 0.3 is 302 Å². The van der Waals surface area contributed by atoms with Crippen molar-refractivity contribution in [2.24, 2.45) is 0 Å². The average Bonchev–Trinajstić information content (AvgIpc) is 1.06. The van der Waals surface area contributed by atoms with Crippen molar-refractivity contribution in [2.75, 3.05) is 0 Å². The van der Waals surface area contributed by atoms with Crippen molar-refractivity contribution in [1.29, 1.82) is 0 Å². The van der Waals surface area contributed by atoms with Gasteiger partial charge in [0, 0.05) is 28.3 Å². The number of fused-ring (bicyclic) bond motifs is 1. The van der Waals surface area contributed by atoms with Crippen LogP contribution in [0.25, 0.3) is 105 Å². The van der Waals surface area contributed by atoms with Crippen LogP contribution in [0, 0.1) is 0 Å². The van der Waals surface area contributed by atoms with Crippen molar-refractivity contribution in [3.63, 3.8) is 0 Å². The molecule has 0 amide bonds. The Morgan fingerprint density at radius 1 is 0.237 bits per heavy atom. The quantitative estimate of drug-likeness (QED) is 0.101. The summed E-state index contributed by atoms with van der Waals surface area (Å²) in [4.78, 5) is 29.6. The molecule has 6 heteroatoms. The first-order valence-corrected chi connectivity index (χ1v) is 76.3. The Hall–Kier alpha value is -5.47. The molecule has 0 fully saturated rings. The third kappa shape index (κ3) is 18.6. The van der Waals surface area contributed by atoms with E-state index >= 15 is 0 Å². The molecule has 0 radical (unpaired) electrons. The van der Waals surface area contributed by atoms with Gasteiger partial charge in [-0.2, -0.15) is 0 Å². The summed E-state index contributed by atoms with van der Waals surface area (Å²) < 4.78 is 6.38. The summed E-state index contributed by atoms with van der Waals surface area (Å²) in [6.07, 6.45) is 7.73. The Morgan fingerprint density at radius 2 is 0.495 bits per heavy atom. The molecule has 0 atom stereocenters. The fourth-order valence-corrected chi connectivity index (χ4v) is 25.2. The summed E-state index contributed by atoms with van der Waals surface area (Å²) in [6, 6.07) is 106. The summed E-state index contributed by atoms with van der Waals surface area (Å²) in [5.41, 5.74) is 22.9. The molecule has 0 saturated carbocycles. The van der Waals surface area contributed by atoms with Gasteiger partial charge in [0.15, 0.2) is 0 Å². The molecule has 0 saturated heterocycles. The molecular weight excluding hydrogens is 1680 g/mol. The Balaban J connectivity index is 0.000000167. The maximum atomic E-state index is 2.75. The molecule has 13 rings (SSSR count). The number of hydrogen-bond acceptors (Lipinski definition) is 0. The van der Waals surface area contributed by atoms with Crippen molar-refractivity contribution in [1.82, 2.24) is 0 Å². The van der Waals surface area contributed by atoms with E-state index in [4.69, 9.17) is 0 Å². The standard InChI is InChI=1S/C45H32.C18H12.C12H8.12CH3.Br2.4Sn/c1-2-7-32(8-3-1)34-13-19-37(20-14-34)39-25-27-42(28-26-39)44-12-6-11-41-29-30-43(31-45(41)44)40-23-21-38(22-24-40)36-17-15-35(16-18-36)33-9-4-5-10-33;1-3-7-15(8-4-1)17-11-13-18(14-12-17)16-9-5-2-6-10-16;1-3-7-11(8-4-1)12-9-5-2-6-10-12;;;;;;;;;;;;;1-2;;;;/h1-4,6-31H,5H2;3-14H;3-10H;12*1H3;;;;;. The monoisotopic (exact) mass is 1770 g/mol. The Bertz CT molecular complexity index is 4320. The second-order valence-electron chi connectivity index (χ2n) is 28.6. The molecule has 0 unspecified atom stereocenters. The van der Waals surface area contributed by atoms with Crippen molar-refractivity contribution in [3.8, 4) is 89.0 Å². The summed E-state index contributed by atoms with van der Waals surface area (Å²) in [5, 5.41) is 2.52. The van der Waals surface area contributed by atoms with Gasteiger partial charge in [-0.1, -0.05) is 176 Å². The van der Waals surface area contributed by atoms with Gasteiger partial charge in [-0.3, -0.25) is 0 Å². The zero-order valence-corrected chi connectivity index (χ0v) is 70.9. The molecule has 1 aliphatic rings. The average molecular weight is 1770 g/mol. The summed E-state index contributed by atoms with van der Waals surface area (Å²) in [5.74, 6) is 0. The predicted molar refractivity (Wildman–Crippen MR) is 432 cm³/mol. The van der Waals surface area contributed by atoms with Crippen molar-refractivity contribution >= 4 is 132 Å². The third-order valence-electron chi connectivity index (χ3n) is 17.8. The number of rotatable bonds is 13. The Labute approximate surface area is 588 Å². The minimum atomic E-state index is -1.95. The molecule has 0 spiro atoms. The van der Waals surface area contributed by atoms with Crippen LogP contribution < -0.4 is 14.3 Å². The molecule has 12 aromatic carbocycles. The molecule has 0 N–H and O–H groups in total. The van der Waals surface area contributed by atoms with E-state index in [9.17, 15) is 0 Å². The Morgan fingerprint density at radius 3 is 0.785 bits per heavy atom. The van der Waals surface area contributed by atoms with Gasteiger partial charge in [-0.05, 0) is 90.0 Å². The second-order valence-corrected chi connectivity index (χ2v) is 86.6. The van der Waals surface area contributed by atoms with E-state index in [2.05, 4.69) is 391 Å². The second kappa shape index (κ2) is 31.6. The van der Waals surface area contributed by atoms with Crippen LogP contribution in [-0.4, -0.2) is 73.5 Å².